The zero-order valence-electron chi connectivity index (χ0n) is 13.7. The van der Waals surface area contributed by atoms with Crippen LogP contribution >= 0.6 is 0 Å². The van der Waals surface area contributed by atoms with Crippen molar-refractivity contribution in [1.29, 1.82) is 0 Å². The lowest BCUT2D eigenvalue weighted by Crippen LogP contribution is -2.12. The van der Waals surface area contributed by atoms with Gasteiger partial charge < -0.3 is 4.57 Å². The first-order chi connectivity index (χ1) is 12.3. The summed E-state index contributed by atoms with van der Waals surface area (Å²) < 4.78 is 55.7. The molecular weight excluding hydrogens is 346 g/mol. The van der Waals surface area contributed by atoms with Gasteiger partial charge in [-0.3, -0.25) is 4.99 Å². The molecule has 0 bridgehead atoms. The Morgan fingerprint density at radius 1 is 1.04 bits per heavy atom. The molecule has 1 aromatic heterocycles. The molecule has 0 unspecified atom stereocenters. The van der Waals surface area contributed by atoms with Crippen LogP contribution < -0.4 is 0 Å². The average Bonchev–Trinajstić information content (AvgIpc) is 2.89. The van der Waals surface area contributed by atoms with E-state index in [1.165, 1.54) is 24.3 Å². The van der Waals surface area contributed by atoms with Gasteiger partial charge in [-0.25, -0.2) is 9.37 Å². The van der Waals surface area contributed by atoms with Crippen molar-refractivity contribution in [3.63, 3.8) is 0 Å². The average molecular weight is 359 g/mol. The fourth-order valence-electron chi connectivity index (χ4n) is 3.10. The van der Waals surface area contributed by atoms with Gasteiger partial charge in [-0.05, 0) is 37.3 Å². The molecule has 0 saturated heterocycles. The number of rotatable bonds is 1. The van der Waals surface area contributed by atoms with Crippen LogP contribution in [0.25, 0.3) is 5.69 Å². The zero-order valence-corrected chi connectivity index (χ0v) is 13.7. The molecule has 0 atom stereocenters. The molecule has 2 aromatic carbocycles. The lowest BCUT2D eigenvalue weighted by Gasteiger charge is -2.15. The monoisotopic (exact) mass is 359 g/mol. The van der Waals surface area contributed by atoms with E-state index in [1.807, 2.05) is 0 Å². The quantitative estimate of drug-likeness (QED) is 0.580. The van der Waals surface area contributed by atoms with E-state index in [4.69, 9.17) is 0 Å². The van der Waals surface area contributed by atoms with Crippen LogP contribution in [0.1, 0.15) is 28.2 Å². The summed E-state index contributed by atoms with van der Waals surface area (Å²) in [7, 11) is 0. The number of hydrogen-bond donors (Lipinski definition) is 0. The molecule has 0 fully saturated rings. The Kier molecular flexibility index (Phi) is 3.68. The molecule has 3 aromatic rings. The Bertz CT molecular complexity index is 1030. The predicted molar refractivity (Wildman–Crippen MR) is 89.0 cm³/mol. The van der Waals surface area contributed by atoms with Crippen molar-refractivity contribution >= 4 is 5.71 Å². The standard InChI is InChI=1S/C19H13F4N3/c1-11-10-26-16-7-6-12(19(21,22)23)8-14(16)18(24-9-17(26)25-11)13-4-2-3-5-15(13)20/h2-8,10H,9H2,1H3. The smallest absolute Gasteiger partial charge is 0.301 e. The second-order valence-electron chi connectivity index (χ2n) is 6.04. The number of benzene rings is 2. The van der Waals surface area contributed by atoms with Gasteiger partial charge in [0.05, 0.1) is 29.2 Å². The number of aryl methyl sites for hydroxylation is 1. The van der Waals surface area contributed by atoms with E-state index >= 15 is 0 Å². The molecule has 2 heterocycles. The summed E-state index contributed by atoms with van der Waals surface area (Å²) in [5.41, 5.74) is 0.994. The number of alkyl halides is 3. The molecule has 0 N–H and O–H groups in total. The highest BCUT2D eigenvalue weighted by atomic mass is 19.4. The molecule has 26 heavy (non-hydrogen) atoms. The van der Waals surface area contributed by atoms with E-state index in [0.717, 1.165) is 17.8 Å². The number of imidazole rings is 1. The molecule has 0 radical (unpaired) electrons. The van der Waals surface area contributed by atoms with Crippen LogP contribution in [-0.2, 0) is 12.7 Å². The normalized spacial score (nSPS) is 13.7. The molecule has 7 heteroatoms. The van der Waals surface area contributed by atoms with Crippen LogP contribution in [0.2, 0.25) is 0 Å². The first kappa shape index (κ1) is 16.5. The number of hydrogen-bond acceptors (Lipinski definition) is 2. The van der Waals surface area contributed by atoms with Crippen molar-refractivity contribution in [2.24, 2.45) is 4.99 Å². The van der Waals surface area contributed by atoms with E-state index < -0.39 is 17.6 Å². The molecular formula is C19H13F4N3. The van der Waals surface area contributed by atoms with Crippen LogP contribution in [0.5, 0.6) is 0 Å². The number of aliphatic imine (C=N–C) groups is 1. The largest absolute Gasteiger partial charge is 0.416 e. The highest BCUT2D eigenvalue weighted by molar-refractivity contribution is 6.15. The fraction of sp³-hybridized carbons (Fsp3) is 0.158. The Balaban J connectivity index is 2.01. The lowest BCUT2D eigenvalue weighted by atomic mass is 9.97. The van der Waals surface area contributed by atoms with Crippen LogP contribution in [0, 0.1) is 12.7 Å². The van der Waals surface area contributed by atoms with E-state index in [-0.39, 0.29) is 23.4 Å². The van der Waals surface area contributed by atoms with Crippen molar-refractivity contribution < 1.29 is 17.6 Å². The summed E-state index contributed by atoms with van der Waals surface area (Å²) >= 11 is 0. The highest BCUT2D eigenvalue weighted by Gasteiger charge is 2.32. The maximum absolute atomic E-state index is 14.3. The van der Waals surface area contributed by atoms with Crippen molar-refractivity contribution in [2.75, 3.05) is 0 Å². The van der Waals surface area contributed by atoms with Gasteiger partial charge >= 0.3 is 6.18 Å². The Morgan fingerprint density at radius 2 is 1.81 bits per heavy atom. The first-order valence-electron chi connectivity index (χ1n) is 7.91. The predicted octanol–water partition coefficient (Wildman–Crippen LogP) is 4.69. The highest BCUT2D eigenvalue weighted by Crippen LogP contribution is 2.34. The van der Waals surface area contributed by atoms with Crippen molar-refractivity contribution in [2.45, 2.75) is 19.6 Å². The minimum atomic E-state index is -4.50. The summed E-state index contributed by atoms with van der Waals surface area (Å²) in [6.45, 7) is 1.94. The fourth-order valence-corrected chi connectivity index (χ4v) is 3.10. The van der Waals surface area contributed by atoms with Gasteiger partial charge in [-0.2, -0.15) is 13.2 Å². The summed E-state index contributed by atoms with van der Waals surface area (Å²) in [5.74, 6) is 0.0557. The van der Waals surface area contributed by atoms with Gasteiger partial charge in [0.1, 0.15) is 11.6 Å². The molecule has 4 rings (SSSR count). The Labute approximate surface area is 146 Å². The van der Waals surface area contributed by atoms with Gasteiger partial charge in [-0.1, -0.05) is 12.1 Å². The third-order valence-corrected chi connectivity index (χ3v) is 4.25. The number of fused-ring (bicyclic) bond motifs is 3. The number of aromatic nitrogens is 2. The Morgan fingerprint density at radius 3 is 2.54 bits per heavy atom. The third-order valence-electron chi connectivity index (χ3n) is 4.25. The number of nitrogens with zero attached hydrogens (tertiary/aromatic N) is 3. The molecule has 0 amide bonds. The van der Waals surface area contributed by atoms with Gasteiger partial charge in [0.25, 0.3) is 0 Å². The summed E-state index contributed by atoms with van der Waals surface area (Å²) in [5, 5.41) is 0. The minimum absolute atomic E-state index is 0.146. The van der Waals surface area contributed by atoms with Crippen molar-refractivity contribution in [3.8, 4) is 5.69 Å². The van der Waals surface area contributed by atoms with Crippen LogP contribution in [-0.4, -0.2) is 15.3 Å². The van der Waals surface area contributed by atoms with Gasteiger partial charge in [0, 0.05) is 17.3 Å². The van der Waals surface area contributed by atoms with Crippen molar-refractivity contribution in [3.05, 3.63) is 82.7 Å². The maximum Gasteiger partial charge on any atom is 0.416 e. The van der Waals surface area contributed by atoms with E-state index in [0.29, 0.717) is 11.5 Å². The van der Waals surface area contributed by atoms with Crippen LogP contribution in [0.15, 0.2) is 53.7 Å². The second-order valence-corrected chi connectivity index (χ2v) is 6.04. The SMILES string of the molecule is Cc1cn2c(n1)CN=C(c1ccccc1F)c1cc(C(F)(F)F)ccc1-2. The summed E-state index contributed by atoms with van der Waals surface area (Å²) in [6, 6.07) is 9.34. The summed E-state index contributed by atoms with van der Waals surface area (Å²) in [4.78, 5) is 8.77. The molecule has 0 saturated carbocycles. The molecule has 1 aliphatic rings. The second kappa shape index (κ2) is 5.79. The molecule has 132 valence electrons. The topological polar surface area (TPSA) is 30.2 Å². The first-order valence-corrected chi connectivity index (χ1v) is 7.91. The van der Waals surface area contributed by atoms with Gasteiger partial charge in [0.15, 0.2) is 0 Å². The van der Waals surface area contributed by atoms with E-state index in [1.54, 1.807) is 23.8 Å². The zero-order chi connectivity index (χ0) is 18.5. The third kappa shape index (κ3) is 2.69. The Hall–Kier alpha value is -2.96. The van der Waals surface area contributed by atoms with Crippen LogP contribution in [0.3, 0.4) is 0 Å². The molecule has 3 nitrogen and oxygen atoms in total. The molecule has 0 spiro atoms. The van der Waals surface area contributed by atoms with Gasteiger partial charge in [-0.15, -0.1) is 0 Å². The van der Waals surface area contributed by atoms with E-state index in [2.05, 4.69) is 9.98 Å². The molecule has 0 aliphatic carbocycles. The lowest BCUT2D eigenvalue weighted by molar-refractivity contribution is -0.137. The summed E-state index contributed by atoms with van der Waals surface area (Å²) in [6.07, 6.45) is -2.77. The number of halogens is 4. The van der Waals surface area contributed by atoms with Crippen molar-refractivity contribution in [1.82, 2.24) is 9.55 Å². The van der Waals surface area contributed by atoms with E-state index in [9.17, 15) is 17.6 Å². The maximum atomic E-state index is 14.3. The minimum Gasteiger partial charge on any atom is -0.301 e. The van der Waals surface area contributed by atoms with Gasteiger partial charge in [0.2, 0.25) is 0 Å². The molecule has 1 aliphatic heterocycles. The van der Waals surface area contributed by atoms with Crippen LogP contribution in [0.4, 0.5) is 17.6 Å².